The SMILES string of the molecule is COc1cccc(CC(N)c2n[nH]nc2C)c1. The minimum atomic E-state index is -0.152. The van der Waals surface area contributed by atoms with Gasteiger partial charge in [0.05, 0.1) is 18.8 Å². The number of hydrogen-bond acceptors (Lipinski definition) is 4. The second kappa shape index (κ2) is 4.97. The Morgan fingerprint density at radius 2 is 2.24 bits per heavy atom. The molecule has 1 heterocycles. The number of H-pyrrole nitrogens is 1. The van der Waals surface area contributed by atoms with Gasteiger partial charge in [-0.2, -0.15) is 15.4 Å². The Hall–Kier alpha value is -1.88. The van der Waals surface area contributed by atoms with Crippen LogP contribution >= 0.6 is 0 Å². The van der Waals surface area contributed by atoms with E-state index in [1.807, 2.05) is 31.2 Å². The standard InChI is InChI=1S/C12H16N4O/c1-8-12(15-16-14-8)11(13)7-9-4-3-5-10(6-9)17-2/h3-6,11H,7,13H2,1-2H3,(H,14,15,16). The summed E-state index contributed by atoms with van der Waals surface area (Å²) in [6.45, 7) is 1.89. The third-order valence-corrected chi connectivity index (χ3v) is 2.70. The van der Waals surface area contributed by atoms with E-state index in [0.717, 1.165) is 22.7 Å². The van der Waals surface area contributed by atoms with Crippen molar-refractivity contribution in [3.63, 3.8) is 0 Å². The molecule has 0 aliphatic carbocycles. The first kappa shape index (κ1) is 11.6. The molecule has 1 unspecified atom stereocenters. The first-order valence-electron chi connectivity index (χ1n) is 5.46. The van der Waals surface area contributed by atoms with Crippen LogP contribution in [0.4, 0.5) is 0 Å². The van der Waals surface area contributed by atoms with Crippen molar-refractivity contribution in [2.75, 3.05) is 7.11 Å². The van der Waals surface area contributed by atoms with E-state index in [1.165, 1.54) is 0 Å². The summed E-state index contributed by atoms with van der Waals surface area (Å²) in [5, 5.41) is 10.6. The molecule has 3 N–H and O–H groups in total. The third-order valence-electron chi connectivity index (χ3n) is 2.70. The first-order chi connectivity index (χ1) is 8.20. The molecule has 1 aromatic heterocycles. The zero-order valence-electron chi connectivity index (χ0n) is 9.97. The summed E-state index contributed by atoms with van der Waals surface area (Å²) < 4.78 is 5.18. The van der Waals surface area contributed by atoms with Crippen LogP contribution < -0.4 is 10.5 Å². The fraction of sp³-hybridized carbons (Fsp3) is 0.333. The van der Waals surface area contributed by atoms with Crippen molar-refractivity contribution in [1.82, 2.24) is 15.4 Å². The molecule has 1 atom stereocenters. The van der Waals surface area contributed by atoms with Gasteiger partial charge in [0.15, 0.2) is 0 Å². The van der Waals surface area contributed by atoms with E-state index in [2.05, 4.69) is 15.4 Å². The zero-order valence-corrected chi connectivity index (χ0v) is 9.97. The molecule has 5 nitrogen and oxygen atoms in total. The van der Waals surface area contributed by atoms with Crippen molar-refractivity contribution < 1.29 is 4.74 Å². The number of nitrogens with zero attached hydrogens (tertiary/aromatic N) is 2. The summed E-state index contributed by atoms with van der Waals surface area (Å²) >= 11 is 0. The lowest BCUT2D eigenvalue weighted by molar-refractivity contribution is 0.414. The van der Waals surface area contributed by atoms with Crippen LogP contribution in [0.5, 0.6) is 5.75 Å². The van der Waals surface area contributed by atoms with Gasteiger partial charge in [0, 0.05) is 0 Å². The Labute approximate surface area is 100.0 Å². The molecule has 0 spiro atoms. The summed E-state index contributed by atoms with van der Waals surface area (Å²) in [5.41, 5.74) is 8.89. The topological polar surface area (TPSA) is 76.8 Å². The van der Waals surface area contributed by atoms with Crippen LogP contribution in [0, 0.1) is 6.92 Å². The van der Waals surface area contributed by atoms with E-state index < -0.39 is 0 Å². The zero-order chi connectivity index (χ0) is 12.3. The van der Waals surface area contributed by atoms with Crippen LogP contribution in [-0.4, -0.2) is 22.5 Å². The van der Waals surface area contributed by atoms with E-state index in [9.17, 15) is 0 Å². The summed E-state index contributed by atoms with van der Waals surface area (Å²) in [6.07, 6.45) is 0.713. The molecule has 0 saturated heterocycles. The second-order valence-electron chi connectivity index (χ2n) is 3.96. The van der Waals surface area contributed by atoms with Crippen molar-refractivity contribution in [1.29, 1.82) is 0 Å². The van der Waals surface area contributed by atoms with Crippen LogP contribution in [0.25, 0.3) is 0 Å². The quantitative estimate of drug-likeness (QED) is 0.834. The van der Waals surface area contributed by atoms with E-state index in [-0.39, 0.29) is 6.04 Å². The highest BCUT2D eigenvalue weighted by Gasteiger charge is 2.13. The van der Waals surface area contributed by atoms with Crippen molar-refractivity contribution in [2.45, 2.75) is 19.4 Å². The monoisotopic (exact) mass is 232 g/mol. The molecule has 1 aromatic carbocycles. The summed E-state index contributed by atoms with van der Waals surface area (Å²) in [5.74, 6) is 0.839. The predicted octanol–water partition coefficient (Wildman–Crippen LogP) is 1.36. The van der Waals surface area contributed by atoms with E-state index in [4.69, 9.17) is 10.5 Å². The number of hydrogen-bond donors (Lipinski definition) is 2. The smallest absolute Gasteiger partial charge is 0.119 e. The van der Waals surface area contributed by atoms with E-state index in [1.54, 1.807) is 7.11 Å². The molecule has 0 radical (unpaired) electrons. The Morgan fingerprint density at radius 1 is 1.41 bits per heavy atom. The Balaban J connectivity index is 2.13. The predicted molar refractivity (Wildman–Crippen MR) is 64.7 cm³/mol. The molecule has 0 fully saturated rings. The highest BCUT2D eigenvalue weighted by Crippen LogP contribution is 2.19. The minimum Gasteiger partial charge on any atom is -0.497 e. The van der Waals surface area contributed by atoms with Crippen LogP contribution in [0.3, 0.4) is 0 Å². The molecule has 17 heavy (non-hydrogen) atoms. The summed E-state index contributed by atoms with van der Waals surface area (Å²) in [6, 6.07) is 7.72. The number of benzene rings is 1. The highest BCUT2D eigenvalue weighted by atomic mass is 16.5. The molecule has 0 aliphatic rings. The Kier molecular flexibility index (Phi) is 3.39. The lowest BCUT2D eigenvalue weighted by Crippen LogP contribution is -2.15. The molecule has 0 aliphatic heterocycles. The molecule has 5 heteroatoms. The van der Waals surface area contributed by atoms with Gasteiger partial charge in [0.2, 0.25) is 0 Å². The number of rotatable bonds is 4. The molecular formula is C12H16N4O. The maximum absolute atomic E-state index is 6.10. The van der Waals surface area contributed by atoms with Gasteiger partial charge >= 0.3 is 0 Å². The minimum absolute atomic E-state index is 0.152. The summed E-state index contributed by atoms with van der Waals surface area (Å²) in [4.78, 5) is 0. The number of aromatic amines is 1. The molecule has 2 aromatic rings. The lowest BCUT2D eigenvalue weighted by atomic mass is 10.0. The van der Waals surface area contributed by atoms with Gasteiger partial charge in [-0.15, -0.1) is 0 Å². The second-order valence-corrected chi connectivity index (χ2v) is 3.96. The highest BCUT2D eigenvalue weighted by molar-refractivity contribution is 5.29. The average Bonchev–Trinajstić information content (AvgIpc) is 2.76. The number of methoxy groups -OCH3 is 1. The first-order valence-corrected chi connectivity index (χ1v) is 5.46. The molecular weight excluding hydrogens is 216 g/mol. The Morgan fingerprint density at radius 3 is 2.88 bits per heavy atom. The van der Waals surface area contributed by atoms with Gasteiger partial charge < -0.3 is 10.5 Å². The molecule has 2 rings (SSSR count). The molecule has 0 saturated carbocycles. The fourth-order valence-electron chi connectivity index (χ4n) is 1.79. The lowest BCUT2D eigenvalue weighted by Gasteiger charge is -2.10. The molecule has 90 valence electrons. The van der Waals surface area contributed by atoms with Crippen molar-refractivity contribution in [2.24, 2.45) is 5.73 Å². The van der Waals surface area contributed by atoms with Gasteiger partial charge in [0.1, 0.15) is 11.4 Å². The molecule has 0 amide bonds. The maximum Gasteiger partial charge on any atom is 0.119 e. The van der Waals surface area contributed by atoms with E-state index in [0.29, 0.717) is 6.42 Å². The normalized spacial score (nSPS) is 12.4. The number of aryl methyl sites for hydroxylation is 1. The van der Waals surface area contributed by atoms with E-state index >= 15 is 0 Å². The number of nitrogens with two attached hydrogens (primary N) is 1. The van der Waals surface area contributed by atoms with Crippen molar-refractivity contribution >= 4 is 0 Å². The van der Waals surface area contributed by atoms with Crippen molar-refractivity contribution in [3.05, 3.63) is 41.2 Å². The van der Waals surface area contributed by atoms with Crippen molar-refractivity contribution in [3.8, 4) is 5.75 Å². The third kappa shape index (κ3) is 2.62. The van der Waals surface area contributed by atoms with Crippen LogP contribution in [0.2, 0.25) is 0 Å². The number of ether oxygens (including phenoxy) is 1. The van der Waals surface area contributed by atoms with Gasteiger partial charge in [-0.1, -0.05) is 12.1 Å². The maximum atomic E-state index is 6.10. The molecule has 0 bridgehead atoms. The fourth-order valence-corrected chi connectivity index (χ4v) is 1.79. The summed E-state index contributed by atoms with van der Waals surface area (Å²) in [7, 11) is 1.65. The van der Waals surface area contributed by atoms with Gasteiger partial charge in [-0.25, -0.2) is 0 Å². The number of aromatic nitrogens is 3. The van der Waals surface area contributed by atoms with Gasteiger partial charge in [-0.05, 0) is 31.0 Å². The van der Waals surface area contributed by atoms with Crippen LogP contribution in [-0.2, 0) is 6.42 Å². The number of nitrogens with one attached hydrogen (secondary N) is 1. The van der Waals surface area contributed by atoms with Crippen LogP contribution in [0.15, 0.2) is 24.3 Å². The Bertz CT molecular complexity index is 495. The average molecular weight is 232 g/mol. The van der Waals surface area contributed by atoms with Gasteiger partial charge in [0.25, 0.3) is 0 Å². The van der Waals surface area contributed by atoms with Gasteiger partial charge in [-0.3, -0.25) is 0 Å². The largest absolute Gasteiger partial charge is 0.497 e. The van der Waals surface area contributed by atoms with Crippen LogP contribution in [0.1, 0.15) is 23.0 Å².